The van der Waals surface area contributed by atoms with Gasteiger partial charge < -0.3 is 0 Å². The van der Waals surface area contributed by atoms with E-state index in [-0.39, 0.29) is 24.1 Å². The first-order valence-electron chi connectivity index (χ1n) is 11.4. The number of hydrogen-bond donors (Lipinski definition) is 0. The molecule has 0 bridgehead atoms. The summed E-state index contributed by atoms with van der Waals surface area (Å²) in [5.41, 5.74) is 4.91. The van der Waals surface area contributed by atoms with E-state index >= 15 is 0 Å². The van der Waals surface area contributed by atoms with Gasteiger partial charge in [-0.2, -0.15) is 10.2 Å². The Hall–Kier alpha value is -3.55. The smallest absolute Gasteiger partial charge is 0.267 e. The van der Waals surface area contributed by atoms with Crippen molar-refractivity contribution in [2.24, 2.45) is 5.10 Å². The van der Waals surface area contributed by atoms with Gasteiger partial charge in [-0.3, -0.25) is 9.59 Å². The van der Waals surface area contributed by atoms with Gasteiger partial charge >= 0.3 is 0 Å². The van der Waals surface area contributed by atoms with E-state index in [0.717, 1.165) is 32.4 Å². The van der Waals surface area contributed by atoms with Crippen molar-refractivity contribution in [2.75, 3.05) is 0 Å². The third-order valence-corrected chi connectivity index (χ3v) is 6.88. The summed E-state index contributed by atoms with van der Waals surface area (Å²) in [6.07, 6.45) is 0.573. The Morgan fingerprint density at radius 1 is 0.944 bits per heavy atom. The van der Waals surface area contributed by atoms with Gasteiger partial charge in [0.25, 0.3) is 11.5 Å². The first-order chi connectivity index (χ1) is 17.4. The molecule has 6 nitrogen and oxygen atoms in total. The van der Waals surface area contributed by atoms with Gasteiger partial charge in [0.15, 0.2) is 0 Å². The van der Waals surface area contributed by atoms with Crippen molar-refractivity contribution in [2.45, 2.75) is 25.9 Å². The third kappa shape index (κ3) is 5.17. The highest BCUT2D eigenvalue weighted by atomic mass is 79.9. The molecule has 0 saturated heterocycles. The number of halogens is 2. The molecule has 1 aromatic heterocycles. The average Bonchev–Trinajstić information content (AvgIpc) is 3.32. The maximum Gasteiger partial charge on any atom is 0.267 e. The zero-order valence-corrected chi connectivity index (χ0v) is 21.8. The predicted molar refractivity (Wildman–Crippen MR) is 145 cm³/mol. The fraction of sp³-hybridized carbons (Fsp3) is 0.143. The molecule has 1 atom stereocenters. The fourth-order valence-corrected chi connectivity index (χ4v) is 4.53. The van der Waals surface area contributed by atoms with Gasteiger partial charge in [0, 0.05) is 27.5 Å². The number of amides is 1. The molecule has 0 fully saturated rings. The highest BCUT2D eigenvalue weighted by Gasteiger charge is 2.33. The Morgan fingerprint density at radius 3 is 2.31 bits per heavy atom. The summed E-state index contributed by atoms with van der Waals surface area (Å²) in [5.74, 6) is -0.310. The number of hydrazone groups is 1. The molecule has 0 aliphatic carbocycles. The second-order valence-electron chi connectivity index (χ2n) is 8.64. The van der Waals surface area contributed by atoms with Crippen LogP contribution in [0.3, 0.4) is 0 Å². The van der Waals surface area contributed by atoms with Gasteiger partial charge in [-0.15, -0.1) is 0 Å². The van der Waals surface area contributed by atoms with Crippen LogP contribution in [0.2, 0.25) is 5.02 Å². The lowest BCUT2D eigenvalue weighted by atomic mass is 9.98. The minimum atomic E-state index is -0.357. The van der Waals surface area contributed by atoms with Crippen molar-refractivity contribution < 1.29 is 4.79 Å². The van der Waals surface area contributed by atoms with E-state index in [2.05, 4.69) is 21.0 Å². The molecule has 0 radical (unpaired) electrons. The molecule has 1 aliphatic heterocycles. The molecule has 3 aromatic carbocycles. The van der Waals surface area contributed by atoms with Crippen LogP contribution in [0.4, 0.5) is 0 Å². The SMILES string of the molecule is Cc1ccc(C2CC(c3ccc(Br)cc3)=NN2C(=O)Cn2nc(-c3ccc(Cl)cc3)ccc2=O)cc1. The Morgan fingerprint density at radius 2 is 1.61 bits per heavy atom. The van der Waals surface area contributed by atoms with Crippen molar-refractivity contribution >= 4 is 39.1 Å². The zero-order chi connectivity index (χ0) is 25.2. The summed E-state index contributed by atoms with van der Waals surface area (Å²) in [6.45, 7) is 1.80. The van der Waals surface area contributed by atoms with E-state index in [9.17, 15) is 9.59 Å². The van der Waals surface area contributed by atoms with Crippen LogP contribution in [0.25, 0.3) is 11.3 Å². The molecule has 0 saturated carbocycles. The van der Waals surface area contributed by atoms with Gasteiger partial charge in [0.1, 0.15) is 6.54 Å². The van der Waals surface area contributed by atoms with E-state index in [1.165, 1.54) is 15.8 Å². The Balaban J connectivity index is 1.46. The van der Waals surface area contributed by atoms with Crippen LogP contribution in [0.1, 0.15) is 29.2 Å². The largest absolute Gasteiger partial charge is 0.271 e. The monoisotopic (exact) mass is 560 g/mol. The summed E-state index contributed by atoms with van der Waals surface area (Å²) < 4.78 is 2.16. The minimum absolute atomic E-state index is 0.222. The number of aromatic nitrogens is 2. The van der Waals surface area contributed by atoms with Crippen LogP contribution in [-0.4, -0.2) is 26.4 Å². The summed E-state index contributed by atoms with van der Waals surface area (Å²) in [6, 6.07) is 25.9. The number of rotatable bonds is 5. The first-order valence-corrected chi connectivity index (χ1v) is 12.6. The predicted octanol–water partition coefficient (Wildman–Crippen LogP) is 6.01. The van der Waals surface area contributed by atoms with Crippen LogP contribution in [0.5, 0.6) is 0 Å². The molecule has 0 spiro atoms. The molecular formula is C28H22BrClN4O2. The Labute approximate surface area is 222 Å². The minimum Gasteiger partial charge on any atom is -0.271 e. The van der Waals surface area contributed by atoms with Gasteiger partial charge in [0.2, 0.25) is 0 Å². The first kappa shape index (κ1) is 24.2. The summed E-state index contributed by atoms with van der Waals surface area (Å²) in [7, 11) is 0. The molecule has 2 heterocycles. The second-order valence-corrected chi connectivity index (χ2v) is 10.00. The molecule has 8 heteroatoms. The molecule has 1 amide bonds. The topological polar surface area (TPSA) is 67.6 Å². The molecule has 4 aromatic rings. The van der Waals surface area contributed by atoms with E-state index in [1.807, 2.05) is 67.6 Å². The van der Waals surface area contributed by atoms with Crippen molar-refractivity contribution in [3.8, 4) is 11.3 Å². The van der Waals surface area contributed by atoms with Gasteiger partial charge in [-0.25, -0.2) is 9.69 Å². The Kier molecular flexibility index (Phi) is 6.85. The fourth-order valence-electron chi connectivity index (χ4n) is 4.14. The highest BCUT2D eigenvalue weighted by molar-refractivity contribution is 9.10. The van der Waals surface area contributed by atoms with E-state index in [0.29, 0.717) is 17.1 Å². The normalized spacial score (nSPS) is 15.1. The lowest BCUT2D eigenvalue weighted by Crippen LogP contribution is -2.34. The zero-order valence-electron chi connectivity index (χ0n) is 19.4. The number of aryl methyl sites for hydroxylation is 1. The van der Waals surface area contributed by atoms with Crippen LogP contribution >= 0.6 is 27.5 Å². The maximum atomic E-state index is 13.5. The number of carbonyl (C=O) groups excluding carboxylic acids is 1. The lowest BCUT2D eigenvalue weighted by Gasteiger charge is -2.22. The van der Waals surface area contributed by atoms with E-state index < -0.39 is 0 Å². The molecule has 1 unspecified atom stereocenters. The van der Waals surface area contributed by atoms with Gasteiger partial charge in [-0.1, -0.05) is 81.6 Å². The quantitative estimate of drug-likeness (QED) is 0.300. The summed E-state index contributed by atoms with van der Waals surface area (Å²) in [5, 5.41) is 11.3. The maximum absolute atomic E-state index is 13.5. The molecular weight excluding hydrogens is 540 g/mol. The van der Waals surface area contributed by atoms with Crippen molar-refractivity contribution in [3.05, 3.63) is 121 Å². The van der Waals surface area contributed by atoms with E-state index in [4.69, 9.17) is 16.7 Å². The molecule has 36 heavy (non-hydrogen) atoms. The number of hydrogen-bond acceptors (Lipinski definition) is 4. The van der Waals surface area contributed by atoms with Gasteiger partial charge in [0.05, 0.1) is 17.4 Å². The molecule has 0 N–H and O–H groups in total. The standard InChI is InChI=1S/C28H22BrClN4O2/c1-18-2-4-21(5-3-18)26-16-25(20-6-10-22(29)11-7-20)32-34(26)28(36)17-33-27(35)15-14-24(31-33)19-8-12-23(30)13-9-19/h2-15,26H,16-17H2,1H3. The van der Waals surface area contributed by atoms with Crippen LogP contribution in [-0.2, 0) is 11.3 Å². The van der Waals surface area contributed by atoms with Crippen molar-refractivity contribution in [1.29, 1.82) is 0 Å². The Bertz CT molecular complexity index is 1500. The van der Waals surface area contributed by atoms with Crippen LogP contribution in [0, 0.1) is 6.92 Å². The van der Waals surface area contributed by atoms with Crippen LogP contribution in [0.15, 0.2) is 99.3 Å². The lowest BCUT2D eigenvalue weighted by molar-refractivity contribution is -0.133. The van der Waals surface area contributed by atoms with Crippen LogP contribution < -0.4 is 5.56 Å². The molecule has 1 aliphatic rings. The third-order valence-electron chi connectivity index (χ3n) is 6.10. The van der Waals surface area contributed by atoms with Gasteiger partial charge in [-0.05, 0) is 48.4 Å². The average molecular weight is 562 g/mol. The van der Waals surface area contributed by atoms with Crippen molar-refractivity contribution in [1.82, 2.24) is 14.8 Å². The summed E-state index contributed by atoms with van der Waals surface area (Å²) in [4.78, 5) is 26.1. The highest BCUT2D eigenvalue weighted by Crippen LogP contribution is 2.33. The molecule has 180 valence electrons. The van der Waals surface area contributed by atoms with Crippen molar-refractivity contribution in [3.63, 3.8) is 0 Å². The second kappa shape index (κ2) is 10.2. The summed E-state index contributed by atoms with van der Waals surface area (Å²) >= 11 is 9.46. The molecule has 5 rings (SSSR count). The number of nitrogens with zero attached hydrogens (tertiary/aromatic N) is 4. The number of benzene rings is 3. The number of carbonyl (C=O) groups is 1. The van der Waals surface area contributed by atoms with E-state index in [1.54, 1.807) is 18.2 Å².